The minimum Gasteiger partial charge on any atom is -0.472 e. The van der Waals surface area contributed by atoms with Crippen LogP contribution in [0.2, 0.25) is 5.02 Å². The number of hydrogen-bond donors (Lipinski definition) is 1. The molecule has 1 atom stereocenters. The topological polar surface area (TPSA) is 25.2 Å². The van der Waals surface area contributed by atoms with Crippen LogP contribution < -0.4 is 5.32 Å². The van der Waals surface area contributed by atoms with Gasteiger partial charge in [-0.3, -0.25) is 0 Å². The average molecular weight is 301 g/mol. The summed E-state index contributed by atoms with van der Waals surface area (Å²) in [6, 6.07) is 7.96. The first-order valence-electron chi connectivity index (χ1n) is 4.86. The Balaban J connectivity index is 2.37. The van der Waals surface area contributed by atoms with Crippen LogP contribution in [-0.2, 0) is 0 Å². The molecule has 0 saturated heterocycles. The van der Waals surface area contributed by atoms with Gasteiger partial charge in [0, 0.05) is 10.0 Å². The molecule has 0 bridgehead atoms. The quantitative estimate of drug-likeness (QED) is 0.926. The van der Waals surface area contributed by atoms with Crippen LogP contribution in [0.25, 0.3) is 0 Å². The van der Waals surface area contributed by atoms with Crippen molar-refractivity contribution >= 4 is 27.5 Å². The third-order valence-corrected chi connectivity index (χ3v) is 3.66. The molecule has 1 N–H and O–H groups in total. The van der Waals surface area contributed by atoms with E-state index in [9.17, 15) is 0 Å². The standard InChI is InChI=1S/C12H11BrClNO/c1-15-12(9-4-5-16-7-9)8-2-3-11(14)10(13)6-8/h2-7,12,15H,1H3. The summed E-state index contributed by atoms with van der Waals surface area (Å²) >= 11 is 9.39. The normalized spacial score (nSPS) is 12.7. The lowest BCUT2D eigenvalue weighted by Crippen LogP contribution is -2.16. The van der Waals surface area contributed by atoms with Gasteiger partial charge in [-0.25, -0.2) is 0 Å². The summed E-state index contributed by atoms with van der Waals surface area (Å²) in [5.74, 6) is 0. The maximum Gasteiger partial charge on any atom is 0.0953 e. The summed E-state index contributed by atoms with van der Waals surface area (Å²) in [5, 5.41) is 3.96. The van der Waals surface area contributed by atoms with Crippen LogP contribution in [0.4, 0.5) is 0 Å². The molecule has 1 aromatic heterocycles. The molecule has 0 spiro atoms. The molecule has 0 saturated carbocycles. The number of hydrogen-bond acceptors (Lipinski definition) is 2. The average Bonchev–Trinajstić information content (AvgIpc) is 2.78. The van der Waals surface area contributed by atoms with E-state index in [4.69, 9.17) is 16.0 Å². The van der Waals surface area contributed by atoms with E-state index in [0.717, 1.165) is 15.6 Å². The Morgan fingerprint density at radius 1 is 1.31 bits per heavy atom. The van der Waals surface area contributed by atoms with Gasteiger partial charge in [0.05, 0.1) is 23.6 Å². The first-order chi connectivity index (χ1) is 7.72. The summed E-state index contributed by atoms with van der Waals surface area (Å²) < 4.78 is 5.99. The molecule has 0 aliphatic rings. The van der Waals surface area contributed by atoms with E-state index >= 15 is 0 Å². The Hall–Kier alpha value is -0.770. The van der Waals surface area contributed by atoms with Gasteiger partial charge < -0.3 is 9.73 Å². The molecule has 0 fully saturated rings. The zero-order valence-electron chi connectivity index (χ0n) is 8.71. The highest BCUT2D eigenvalue weighted by Gasteiger charge is 2.13. The van der Waals surface area contributed by atoms with Crippen molar-refractivity contribution in [2.45, 2.75) is 6.04 Å². The Labute approximate surface area is 108 Å². The summed E-state index contributed by atoms with van der Waals surface area (Å²) in [5.41, 5.74) is 2.23. The highest BCUT2D eigenvalue weighted by molar-refractivity contribution is 9.10. The third-order valence-electron chi connectivity index (χ3n) is 2.44. The predicted molar refractivity (Wildman–Crippen MR) is 68.8 cm³/mol. The van der Waals surface area contributed by atoms with Gasteiger partial charge in [-0.15, -0.1) is 0 Å². The van der Waals surface area contributed by atoms with Crippen LogP contribution >= 0.6 is 27.5 Å². The van der Waals surface area contributed by atoms with Crippen LogP contribution in [0.3, 0.4) is 0 Å². The monoisotopic (exact) mass is 299 g/mol. The molecule has 0 amide bonds. The molecule has 0 radical (unpaired) electrons. The molecular formula is C12H11BrClNO. The largest absolute Gasteiger partial charge is 0.472 e. The molecule has 4 heteroatoms. The summed E-state index contributed by atoms with van der Waals surface area (Å²) in [4.78, 5) is 0. The van der Waals surface area contributed by atoms with Crippen molar-refractivity contribution in [1.29, 1.82) is 0 Å². The maximum atomic E-state index is 5.97. The molecule has 2 nitrogen and oxygen atoms in total. The Kier molecular flexibility index (Phi) is 3.69. The summed E-state index contributed by atoms with van der Waals surface area (Å²) in [6.07, 6.45) is 3.41. The second-order valence-corrected chi connectivity index (χ2v) is 4.71. The van der Waals surface area contributed by atoms with Crippen molar-refractivity contribution in [1.82, 2.24) is 5.32 Å². The van der Waals surface area contributed by atoms with Crippen LogP contribution in [-0.4, -0.2) is 7.05 Å². The fourth-order valence-corrected chi connectivity index (χ4v) is 2.17. The van der Waals surface area contributed by atoms with Crippen LogP contribution in [0.5, 0.6) is 0 Å². The van der Waals surface area contributed by atoms with E-state index in [1.165, 1.54) is 0 Å². The first-order valence-corrected chi connectivity index (χ1v) is 6.04. The van der Waals surface area contributed by atoms with E-state index < -0.39 is 0 Å². The number of halogens is 2. The van der Waals surface area contributed by atoms with Gasteiger partial charge in [-0.2, -0.15) is 0 Å². The van der Waals surface area contributed by atoms with Crippen LogP contribution in [0, 0.1) is 0 Å². The van der Waals surface area contributed by atoms with Gasteiger partial charge >= 0.3 is 0 Å². The van der Waals surface area contributed by atoms with Crippen LogP contribution in [0.1, 0.15) is 17.2 Å². The summed E-state index contributed by atoms with van der Waals surface area (Å²) in [7, 11) is 1.92. The molecule has 0 aliphatic heterocycles. The minimum atomic E-state index is 0.118. The minimum absolute atomic E-state index is 0.118. The predicted octanol–water partition coefficient (Wildman–Crippen LogP) is 4.00. The number of furan rings is 1. The van der Waals surface area contributed by atoms with E-state index in [1.54, 1.807) is 12.5 Å². The molecule has 2 rings (SSSR count). The number of rotatable bonds is 3. The Morgan fingerprint density at radius 3 is 2.69 bits per heavy atom. The molecule has 84 valence electrons. The van der Waals surface area contributed by atoms with E-state index in [0.29, 0.717) is 5.02 Å². The lowest BCUT2D eigenvalue weighted by atomic mass is 10.0. The smallest absolute Gasteiger partial charge is 0.0953 e. The van der Waals surface area contributed by atoms with E-state index in [-0.39, 0.29) is 6.04 Å². The lowest BCUT2D eigenvalue weighted by Gasteiger charge is -2.15. The van der Waals surface area contributed by atoms with Crippen molar-refractivity contribution in [2.75, 3.05) is 7.05 Å². The van der Waals surface area contributed by atoms with Gasteiger partial charge in [0.1, 0.15) is 0 Å². The van der Waals surface area contributed by atoms with Crippen molar-refractivity contribution in [3.05, 3.63) is 57.4 Å². The highest BCUT2D eigenvalue weighted by atomic mass is 79.9. The van der Waals surface area contributed by atoms with Gasteiger partial charge in [-0.1, -0.05) is 17.7 Å². The van der Waals surface area contributed by atoms with Crippen molar-refractivity contribution in [2.24, 2.45) is 0 Å². The van der Waals surface area contributed by atoms with E-state index in [2.05, 4.69) is 21.2 Å². The fraction of sp³-hybridized carbons (Fsp3) is 0.167. The number of nitrogens with one attached hydrogen (secondary N) is 1. The SMILES string of the molecule is CNC(c1ccoc1)c1ccc(Cl)c(Br)c1. The fourth-order valence-electron chi connectivity index (χ4n) is 1.66. The Bertz CT molecular complexity index is 470. The maximum absolute atomic E-state index is 5.97. The molecule has 1 aromatic carbocycles. The summed E-state index contributed by atoms with van der Waals surface area (Å²) in [6.45, 7) is 0. The van der Waals surface area contributed by atoms with Gasteiger partial charge in [-0.05, 0) is 46.7 Å². The zero-order chi connectivity index (χ0) is 11.5. The van der Waals surface area contributed by atoms with Crippen LogP contribution in [0.15, 0.2) is 45.7 Å². The second kappa shape index (κ2) is 5.04. The van der Waals surface area contributed by atoms with Crippen molar-refractivity contribution in [3.63, 3.8) is 0 Å². The molecule has 16 heavy (non-hydrogen) atoms. The van der Waals surface area contributed by atoms with Crippen molar-refractivity contribution < 1.29 is 4.42 Å². The van der Waals surface area contributed by atoms with Gasteiger partial charge in [0.2, 0.25) is 0 Å². The lowest BCUT2D eigenvalue weighted by molar-refractivity contribution is 0.557. The Morgan fingerprint density at radius 2 is 2.12 bits per heavy atom. The molecule has 0 aliphatic carbocycles. The molecule has 1 unspecified atom stereocenters. The molecule has 2 aromatic rings. The highest BCUT2D eigenvalue weighted by Crippen LogP contribution is 2.29. The number of benzene rings is 1. The molecular weight excluding hydrogens is 289 g/mol. The third kappa shape index (κ3) is 2.32. The van der Waals surface area contributed by atoms with Crippen molar-refractivity contribution in [3.8, 4) is 0 Å². The second-order valence-electron chi connectivity index (χ2n) is 3.45. The van der Waals surface area contributed by atoms with Gasteiger partial charge in [0.25, 0.3) is 0 Å². The molecule has 1 heterocycles. The van der Waals surface area contributed by atoms with Gasteiger partial charge in [0.15, 0.2) is 0 Å². The van der Waals surface area contributed by atoms with E-state index in [1.807, 2.05) is 31.3 Å². The zero-order valence-corrected chi connectivity index (χ0v) is 11.0. The first kappa shape index (κ1) is 11.7.